The van der Waals surface area contributed by atoms with Crippen LogP contribution < -0.4 is 0 Å². The van der Waals surface area contributed by atoms with Crippen molar-refractivity contribution in [2.75, 3.05) is 19.6 Å². The van der Waals surface area contributed by atoms with Gasteiger partial charge in [-0.05, 0) is 54.5 Å². The highest BCUT2D eigenvalue weighted by atomic mass is 19.4. The molecule has 1 unspecified atom stereocenters. The van der Waals surface area contributed by atoms with Crippen LogP contribution in [0, 0.1) is 0 Å². The molecule has 0 spiro atoms. The van der Waals surface area contributed by atoms with Crippen LogP contribution in [0.2, 0.25) is 0 Å². The highest BCUT2D eigenvalue weighted by molar-refractivity contribution is 5.79. The zero-order valence-electron chi connectivity index (χ0n) is 20.9. The summed E-state index contributed by atoms with van der Waals surface area (Å²) >= 11 is 0. The van der Waals surface area contributed by atoms with Gasteiger partial charge in [-0.25, -0.2) is 0 Å². The Balaban J connectivity index is 0.000000658. The Morgan fingerprint density at radius 2 is 1.72 bits per heavy atom. The number of rotatable bonds is 6. The molecule has 1 N–H and O–H groups in total. The molecule has 4 rings (SSSR count). The number of aliphatic carboxylic acids is 1. The number of amides is 1. The number of carboxylic acids is 1. The van der Waals surface area contributed by atoms with E-state index in [4.69, 9.17) is 5.11 Å². The number of hydrogen-bond acceptors (Lipinski definition) is 3. The number of hydrogen-bond donors (Lipinski definition) is 1. The lowest BCUT2D eigenvalue weighted by Gasteiger charge is -2.40. The minimum Gasteiger partial charge on any atom is -0.481 e. The van der Waals surface area contributed by atoms with Crippen molar-refractivity contribution in [3.8, 4) is 0 Å². The molecule has 1 saturated carbocycles. The van der Waals surface area contributed by atoms with Crippen LogP contribution in [0.1, 0.15) is 67.7 Å². The molecule has 1 saturated heterocycles. The van der Waals surface area contributed by atoms with Crippen LogP contribution in [-0.4, -0.2) is 52.5 Å². The molecule has 1 aliphatic carbocycles. The van der Waals surface area contributed by atoms with Crippen LogP contribution in [0.25, 0.3) is 0 Å². The molecule has 0 aromatic heterocycles. The summed E-state index contributed by atoms with van der Waals surface area (Å²) in [5, 5.41) is 7.72. The molecular weight excluding hydrogens is 469 g/mol. The van der Waals surface area contributed by atoms with Gasteiger partial charge >= 0.3 is 12.1 Å². The highest BCUT2D eigenvalue weighted by Gasteiger charge is 2.33. The van der Waals surface area contributed by atoms with Gasteiger partial charge in [-0.2, -0.15) is 13.2 Å². The Morgan fingerprint density at radius 1 is 1.06 bits per heavy atom. The predicted octanol–water partition coefficient (Wildman–Crippen LogP) is 5.73. The number of benzene rings is 2. The Labute approximate surface area is 210 Å². The van der Waals surface area contributed by atoms with E-state index in [1.807, 2.05) is 42.2 Å². The van der Waals surface area contributed by atoms with Gasteiger partial charge < -0.3 is 10.0 Å². The third-order valence-electron chi connectivity index (χ3n) is 6.94. The molecule has 2 aromatic carbocycles. The smallest absolute Gasteiger partial charge is 0.416 e. The van der Waals surface area contributed by atoms with E-state index in [1.165, 1.54) is 12.1 Å². The van der Waals surface area contributed by atoms with E-state index in [2.05, 4.69) is 4.90 Å². The van der Waals surface area contributed by atoms with E-state index in [1.54, 1.807) is 13.0 Å². The minimum atomic E-state index is -4.33. The van der Waals surface area contributed by atoms with E-state index in [0.29, 0.717) is 38.5 Å². The zero-order chi connectivity index (χ0) is 26.3. The molecule has 2 fully saturated rings. The van der Waals surface area contributed by atoms with Crippen molar-refractivity contribution < 1.29 is 27.9 Å². The van der Waals surface area contributed by atoms with Gasteiger partial charge in [-0.15, -0.1) is 0 Å². The quantitative estimate of drug-likeness (QED) is 0.546. The monoisotopic (exact) mass is 504 g/mol. The number of piperazine rings is 1. The molecule has 1 atom stereocenters. The molecule has 2 aliphatic rings. The molecule has 1 amide bonds. The molecule has 1 aliphatic heterocycles. The number of alkyl halides is 3. The van der Waals surface area contributed by atoms with Crippen LogP contribution in [-0.2, 0) is 28.7 Å². The third kappa shape index (κ3) is 7.56. The average molecular weight is 505 g/mol. The van der Waals surface area contributed by atoms with Gasteiger partial charge in [-0.3, -0.25) is 14.5 Å². The third-order valence-corrected chi connectivity index (χ3v) is 6.94. The second-order valence-electron chi connectivity index (χ2n) is 9.62. The summed E-state index contributed by atoms with van der Waals surface area (Å²) in [6.07, 6.45) is -0.481. The van der Waals surface area contributed by atoms with Gasteiger partial charge in [0, 0.05) is 38.6 Å². The van der Waals surface area contributed by atoms with Crippen molar-refractivity contribution >= 4 is 11.9 Å². The first-order valence-electron chi connectivity index (χ1n) is 12.6. The first-order valence-corrected chi connectivity index (χ1v) is 12.6. The SMILES string of the molecule is CC1CN(Cc2cc(C(F)(F)F)ccc2C2CCC2)CCN1C(=O)Cc1ccccc1.CCC(=O)O. The lowest BCUT2D eigenvalue weighted by atomic mass is 9.77. The van der Waals surface area contributed by atoms with E-state index < -0.39 is 17.7 Å². The predicted molar refractivity (Wildman–Crippen MR) is 133 cm³/mol. The zero-order valence-corrected chi connectivity index (χ0v) is 20.9. The number of carboxylic acid groups (broad SMARTS) is 1. The molecule has 1 heterocycles. The number of carbonyl (C=O) groups excluding carboxylic acids is 1. The summed E-state index contributed by atoms with van der Waals surface area (Å²) in [5.74, 6) is -0.263. The molecule has 5 nitrogen and oxygen atoms in total. The van der Waals surface area contributed by atoms with Gasteiger partial charge in [0.05, 0.1) is 12.0 Å². The Kier molecular flexibility index (Phi) is 9.54. The van der Waals surface area contributed by atoms with Crippen molar-refractivity contribution in [2.45, 2.75) is 70.6 Å². The van der Waals surface area contributed by atoms with Crippen LogP contribution in [0.4, 0.5) is 13.2 Å². The van der Waals surface area contributed by atoms with E-state index in [-0.39, 0.29) is 18.4 Å². The molecule has 8 heteroatoms. The van der Waals surface area contributed by atoms with E-state index >= 15 is 0 Å². The summed E-state index contributed by atoms with van der Waals surface area (Å²) in [7, 11) is 0. The van der Waals surface area contributed by atoms with Crippen molar-refractivity contribution in [3.05, 3.63) is 70.8 Å². The fourth-order valence-electron chi connectivity index (χ4n) is 4.70. The Bertz CT molecular complexity index is 1020. The molecule has 0 radical (unpaired) electrons. The van der Waals surface area contributed by atoms with Gasteiger partial charge in [0.1, 0.15) is 0 Å². The summed E-state index contributed by atoms with van der Waals surface area (Å²) < 4.78 is 39.9. The normalized spacial score (nSPS) is 18.7. The highest BCUT2D eigenvalue weighted by Crippen LogP contribution is 2.40. The van der Waals surface area contributed by atoms with Crippen LogP contribution >= 0.6 is 0 Å². The fourth-order valence-corrected chi connectivity index (χ4v) is 4.70. The molecular formula is C28H35F3N2O3. The standard InChI is InChI=1S/C25H29F3N2O.C3H6O2/c1-18-16-29(12-13-30(18)24(31)14-19-6-3-2-4-7-19)17-21-15-22(25(26,27)28)10-11-23(21)20-8-5-9-20;1-2-3(4)5/h2-4,6-7,10-11,15,18,20H,5,8-9,12-14,16-17H2,1H3;2H2,1H3,(H,4,5). The van der Waals surface area contributed by atoms with Gasteiger partial charge in [0.15, 0.2) is 0 Å². The molecule has 36 heavy (non-hydrogen) atoms. The van der Waals surface area contributed by atoms with Gasteiger partial charge in [0.25, 0.3) is 0 Å². The number of halogens is 3. The molecule has 2 aromatic rings. The largest absolute Gasteiger partial charge is 0.481 e. The van der Waals surface area contributed by atoms with Crippen LogP contribution in [0.15, 0.2) is 48.5 Å². The van der Waals surface area contributed by atoms with E-state index in [0.717, 1.165) is 36.0 Å². The van der Waals surface area contributed by atoms with Crippen molar-refractivity contribution in [1.29, 1.82) is 0 Å². The van der Waals surface area contributed by atoms with Crippen molar-refractivity contribution in [1.82, 2.24) is 9.80 Å². The molecule has 0 bridgehead atoms. The van der Waals surface area contributed by atoms with Crippen molar-refractivity contribution in [2.24, 2.45) is 0 Å². The van der Waals surface area contributed by atoms with Crippen LogP contribution in [0.3, 0.4) is 0 Å². The van der Waals surface area contributed by atoms with Gasteiger partial charge in [-0.1, -0.05) is 49.7 Å². The second kappa shape index (κ2) is 12.4. The summed E-state index contributed by atoms with van der Waals surface area (Å²) in [6.45, 7) is 6.06. The summed E-state index contributed by atoms with van der Waals surface area (Å²) in [5.41, 5.74) is 2.27. The number of carbonyl (C=O) groups is 2. The first kappa shape index (κ1) is 27.7. The summed E-state index contributed by atoms with van der Waals surface area (Å²) in [4.78, 5) is 26.2. The van der Waals surface area contributed by atoms with Crippen LogP contribution in [0.5, 0.6) is 0 Å². The molecule has 196 valence electrons. The topological polar surface area (TPSA) is 60.9 Å². The lowest BCUT2D eigenvalue weighted by Crippen LogP contribution is -2.54. The second-order valence-corrected chi connectivity index (χ2v) is 9.62. The van der Waals surface area contributed by atoms with Crippen molar-refractivity contribution in [3.63, 3.8) is 0 Å². The Morgan fingerprint density at radius 3 is 2.25 bits per heavy atom. The Hall–Kier alpha value is -2.87. The van der Waals surface area contributed by atoms with E-state index in [9.17, 15) is 22.8 Å². The maximum atomic E-state index is 13.3. The summed E-state index contributed by atoms with van der Waals surface area (Å²) in [6, 6.07) is 14.0. The lowest BCUT2D eigenvalue weighted by molar-refractivity contribution is -0.138. The maximum absolute atomic E-state index is 13.3. The average Bonchev–Trinajstić information content (AvgIpc) is 2.79. The van der Waals surface area contributed by atoms with Gasteiger partial charge in [0.2, 0.25) is 5.91 Å². The number of nitrogens with zero attached hydrogens (tertiary/aromatic N) is 2. The maximum Gasteiger partial charge on any atom is 0.416 e. The first-order chi connectivity index (χ1) is 17.1. The fraction of sp³-hybridized carbons (Fsp3) is 0.500. The minimum absolute atomic E-state index is 0.0305.